The molecule has 0 saturated carbocycles. The Hall–Kier alpha value is -2.27. The van der Waals surface area contributed by atoms with Crippen molar-refractivity contribution in [3.63, 3.8) is 0 Å². The lowest BCUT2D eigenvalue weighted by molar-refractivity contribution is 0.0472. The molecule has 4 nitrogen and oxygen atoms in total. The van der Waals surface area contributed by atoms with E-state index in [-0.39, 0.29) is 12.6 Å². The van der Waals surface area contributed by atoms with Crippen molar-refractivity contribution in [1.29, 1.82) is 0 Å². The number of hydrogen-bond acceptors (Lipinski definition) is 5. The van der Waals surface area contributed by atoms with Crippen LogP contribution in [0.4, 0.5) is 5.69 Å². The van der Waals surface area contributed by atoms with E-state index in [0.29, 0.717) is 5.56 Å². The van der Waals surface area contributed by atoms with Gasteiger partial charge in [-0.1, -0.05) is 30.3 Å². The van der Waals surface area contributed by atoms with Crippen molar-refractivity contribution >= 4 is 29.9 Å². The number of fused-ring (bicyclic) bond motifs is 1. The summed E-state index contributed by atoms with van der Waals surface area (Å²) in [6.07, 6.45) is 1.63. The van der Waals surface area contributed by atoms with E-state index in [0.717, 1.165) is 16.1 Å². The van der Waals surface area contributed by atoms with E-state index in [1.807, 2.05) is 36.4 Å². The van der Waals surface area contributed by atoms with Crippen LogP contribution in [-0.4, -0.2) is 12.3 Å². The monoisotopic (exact) mass is 284 g/mol. The number of rotatable bonds is 3. The quantitative estimate of drug-likeness (QED) is 0.694. The van der Waals surface area contributed by atoms with Crippen molar-refractivity contribution < 1.29 is 9.53 Å². The largest absolute Gasteiger partial charge is 0.457 e. The van der Waals surface area contributed by atoms with Gasteiger partial charge >= 0.3 is 5.97 Å². The number of esters is 1. The van der Waals surface area contributed by atoms with Crippen LogP contribution in [0.2, 0.25) is 0 Å². The van der Waals surface area contributed by atoms with Crippen LogP contribution >= 0.6 is 11.9 Å². The number of hydrogen-bond donors (Lipinski definition) is 1. The third-order valence-corrected chi connectivity index (χ3v) is 3.60. The van der Waals surface area contributed by atoms with E-state index in [2.05, 4.69) is 9.71 Å². The molecule has 1 aliphatic rings. The predicted octanol–water partition coefficient (Wildman–Crippen LogP) is 3.31. The van der Waals surface area contributed by atoms with E-state index in [4.69, 9.17) is 4.74 Å². The molecule has 0 amide bonds. The molecule has 1 heterocycles. The van der Waals surface area contributed by atoms with Gasteiger partial charge in [0.05, 0.1) is 22.5 Å². The predicted molar refractivity (Wildman–Crippen MR) is 79.1 cm³/mol. The smallest absolute Gasteiger partial charge is 0.338 e. The lowest BCUT2D eigenvalue weighted by Crippen LogP contribution is -2.07. The fourth-order valence-electron chi connectivity index (χ4n) is 1.82. The van der Waals surface area contributed by atoms with Crippen LogP contribution in [-0.2, 0) is 11.3 Å². The second-order valence-electron chi connectivity index (χ2n) is 4.22. The van der Waals surface area contributed by atoms with Gasteiger partial charge in [-0.25, -0.2) is 9.79 Å². The van der Waals surface area contributed by atoms with Gasteiger partial charge in [-0.3, -0.25) is 0 Å². The third kappa shape index (κ3) is 2.83. The Kier molecular flexibility index (Phi) is 3.69. The minimum Gasteiger partial charge on any atom is -0.457 e. The summed E-state index contributed by atoms with van der Waals surface area (Å²) in [4.78, 5) is 17.1. The Bertz CT molecular complexity index is 656. The lowest BCUT2D eigenvalue weighted by atomic mass is 10.2. The van der Waals surface area contributed by atoms with Gasteiger partial charge in [-0.2, -0.15) is 0 Å². The Morgan fingerprint density at radius 2 is 2.05 bits per heavy atom. The highest BCUT2D eigenvalue weighted by Gasteiger charge is 2.12. The van der Waals surface area contributed by atoms with Gasteiger partial charge < -0.3 is 9.46 Å². The molecule has 0 saturated heterocycles. The molecule has 0 radical (unpaired) electrons. The van der Waals surface area contributed by atoms with Crippen molar-refractivity contribution in [2.45, 2.75) is 11.5 Å². The van der Waals surface area contributed by atoms with Crippen LogP contribution in [0.1, 0.15) is 15.9 Å². The van der Waals surface area contributed by atoms with Gasteiger partial charge in [0.25, 0.3) is 0 Å². The summed E-state index contributed by atoms with van der Waals surface area (Å²) < 4.78 is 8.24. The normalized spacial score (nSPS) is 12.4. The molecule has 0 unspecified atom stereocenters. The van der Waals surface area contributed by atoms with Crippen molar-refractivity contribution in [1.82, 2.24) is 4.72 Å². The lowest BCUT2D eigenvalue weighted by Gasteiger charge is -2.11. The van der Waals surface area contributed by atoms with Gasteiger partial charge in [0.1, 0.15) is 6.61 Å². The van der Waals surface area contributed by atoms with E-state index in [1.54, 1.807) is 18.5 Å². The summed E-state index contributed by atoms with van der Waals surface area (Å²) >= 11 is 1.43. The second kappa shape index (κ2) is 5.79. The average molecular weight is 284 g/mol. The fourth-order valence-corrected chi connectivity index (χ4v) is 2.47. The van der Waals surface area contributed by atoms with Crippen molar-refractivity contribution in [3.8, 4) is 0 Å². The molecule has 0 aromatic heterocycles. The number of carbonyl (C=O) groups excluding carboxylic acids is 1. The zero-order chi connectivity index (χ0) is 13.8. The van der Waals surface area contributed by atoms with E-state index in [1.165, 1.54) is 11.9 Å². The molecule has 3 rings (SSSR count). The minimum absolute atomic E-state index is 0.278. The van der Waals surface area contributed by atoms with E-state index < -0.39 is 0 Å². The number of carbonyl (C=O) groups is 1. The van der Waals surface area contributed by atoms with Crippen LogP contribution < -0.4 is 4.72 Å². The SMILES string of the molecule is O=C(OCc1ccccc1)c1ccc2c(c1)SNC=N2. The van der Waals surface area contributed by atoms with Gasteiger partial charge in [0.2, 0.25) is 0 Å². The summed E-state index contributed by atoms with van der Waals surface area (Å²) in [6.45, 7) is 0.278. The molecule has 1 aliphatic heterocycles. The molecule has 1 N–H and O–H groups in total. The number of ether oxygens (including phenoxy) is 1. The average Bonchev–Trinajstić information content (AvgIpc) is 2.53. The number of benzene rings is 2. The molecule has 100 valence electrons. The summed E-state index contributed by atoms with van der Waals surface area (Å²) in [5.74, 6) is -0.327. The van der Waals surface area contributed by atoms with Crippen molar-refractivity contribution in [3.05, 3.63) is 59.7 Å². The van der Waals surface area contributed by atoms with Crippen LogP contribution in [0.5, 0.6) is 0 Å². The highest BCUT2D eigenvalue weighted by atomic mass is 32.2. The van der Waals surface area contributed by atoms with Gasteiger partial charge in [-0.15, -0.1) is 0 Å². The van der Waals surface area contributed by atoms with Crippen LogP contribution in [0, 0.1) is 0 Å². The Balaban J connectivity index is 1.70. The Morgan fingerprint density at radius 3 is 2.90 bits per heavy atom. The summed E-state index contributed by atoms with van der Waals surface area (Å²) in [7, 11) is 0. The fraction of sp³-hybridized carbons (Fsp3) is 0.0667. The highest BCUT2D eigenvalue weighted by molar-refractivity contribution is 7.98. The Labute approximate surface area is 121 Å². The van der Waals surface area contributed by atoms with Gasteiger partial charge in [-0.05, 0) is 35.7 Å². The summed E-state index contributed by atoms with van der Waals surface area (Å²) in [6, 6.07) is 15.0. The molecule has 2 aromatic rings. The molecule has 0 aliphatic carbocycles. The number of nitrogens with zero attached hydrogens (tertiary/aromatic N) is 1. The first-order valence-electron chi connectivity index (χ1n) is 6.13. The zero-order valence-electron chi connectivity index (χ0n) is 10.6. The zero-order valence-corrected chi connectivity index (χ0v) is 11.4. The topological polar surface area (TPSA) is 50.7 Å². The van der Waals surface area contributed by atoms with Crippen molar-refractivity contribution in [2.75, 3.05) is 0 Å². The molecule has 0 spiro atoms. The minimum atomic E-state index is -0.327. The highest BCUT2D eigenvalue weighted by Crippen LogP contribution is 2.30. The first-order valence-corrected chi connectivity index (χ1v) is 6.94. The molecule has 5 heteroatoms. The first-order chi connectivity index (χ1) is 9.83. The molecular formula is C15H12N2O2S. The number of nitrogens with one attached hydrogen (secondary N) is 1. The number of aliphatic imine (C=N–C) groups is 1. The molecule has 2 aromatic carbocycles. The van der Waals surface area contributed by atoms with Gasteiger partial charge in [0.15, 0.2) is 0 Å². The molecule has 0 fully saturated rings. The molecule has 0 bridgehead atoms. The summed E-state index contributed by atoms with van der Waals surface area (Å²) in [5.41, 5.74) is 2.36. The first kappa shape index (κ1) is 12.7. The Morgan fingerprint density at radius 1 is 1.20 bits per heavy atom. The standard InChI is InChI=1S/C15H12N2O2S/c18-15(19-9-11-4-2-1-3-5-11)12-6-7-13-14(8-12)20-17-10-16-13/h1-8,10H,9H2,(H,16,17). The van der Waals surface area contributed by atoms with E-state index >= 15 is 0 Å². The maximum Gasteiger partial charge on any atom is 0.338 e. The van der Waals surface area contributed by atoms with Crippen molar-refractivity contribution in [2.24, 2.45) is 4.99 Å². The molecule has 0 atom stereocenters. The van der Waals surface area contributed by atoms with E-state index in [9.17, 15) is 4.79 Å². The van der Waals surface area contributed by atoms with Crippen LogP contribution in [0.25, 0.3) is 0 Å². The molecule has 20 heavy (non-hydrogen) atoms. The third-order valence-electron chi connectivity index (χ3n) is 2.83. The maximum absolute atomic E-state index is 12.0. The molecular weight excluding hydrogens is 272 g/mol. The second-order valence-corrected chi connectivity index (χ2v) is 5.10. The summed E-state index contributed by atoms with van der Waals surface area (Å²) in [5, 5.41) is 0. The maximum atomic E-state index is 12.0. The van der Waals surface area contributed by atoms with Crippen LogP contribution in [0.15, 0.2) is 58.4 Å². The van der Waals surface area contributed by atoms with Gasteiger partial charge in [0, 0.05) is 0 Å². The van der Waals surface area contributed by atoms with Crippen LogP contribution in [0.3, 0.4) is 0 Å².